The number of sulfone groups is 1. The SMILES string of the molecule is CCCC(C(=O)OCC)S(=O)(=O)c1cccc(Cl)c1. The maximum absolute atomic E-state index is 12.4. The molecule has 0 saturated heterocycles. The van der Waals surface area contributed by atoms with Crippen LogP contribution in [-0.2, 0) is 19.4 Å². The fraction of sp³-hybridized carbons (Fsp3) is 0.462. The molecule has 0 bridgehead atoms. The number of esters is 1. The number of hydrogen-bond acceptors (Lipinski definition) is 4. The minimum Gasteiger partial charge on any atom is -0.465 e. The largest absolute Gasteiger partial charge is 0.465 e. The second kappa shape index (κ2) is 6.91. The normalized spacial score (nSPS) is 13.0. The van der Waals surface area contributed by atoms with E-state index in [-0.39, 0.29) is 17.9 Å². The van der Waals surface area contributed by atoms with Crippen LogP contribution in [0.25, 0.3) is 0 Å². The van der Waals surface area contributed by atoms with E-state index in [1.807, 2.05) is 6.92 Å². The lowest BCUT2D eigenvalue weighted by Gasteiger charge is -2.15. The third-order valence-electron chi connectivity index (χ3n) is 2.60. The second-order valence-corrected chi connectivity index (χ2v) is 6.60. The summed E-state index contributed by atoms with van der Waals surface area (Å²) < 4.78 is 29.7. The highest BCUT2D eigenvalue weighted by molar-refractivity contribution is 7.92. The smallest absolute Gasteiger partial charge is 0.324 e. The maximum Gasteiger partial charge on any atom is 0.324 e. The summed E-state index contributed by atoms with van der Waals surface area (Å²) in [4.78, 5) is 11.9. The Morgan fingerprint density at radius 3 is 2.58 bits per heavy atom. The molecule has 0 aliphatic carbocycles. The lowest BCUT2D eigenvalue weighted by molar-refractivity contribution is -0.142. The number of carbonyl (C=O) groups is 1. The predicted molar refractivity (Wildman–Crippen MR) is 74.0 cm³/mol. The molecule has 0 aromatic heterocycles. The Morgan fingerprint density at radius 1 is 1.37 bits per heavy atom. The van der Waals surface area contributed by atoms with Crippen molar-refractivity contribution in [3.63, 3.8) is 0 Å². The highest BCUT2D eigenvalue weighted by atomic mass is 35.5. The van der Waals surface area contributed by atoms with Gasteiger partial charge in [-0.25, -0.2) is 8.42 Å². The lowest BCUT2D eigenvalue weighted by atomic mass is 10.2. The van der Waals surface area contributed by atoms with Crippen LogP contribution in [0.5, 0.6) is 0 Å². The van der Waals surface area contributed by atoms with Crippen LogP contribution < -0.4 is 0 Å². The summed E-state index contributed by atoms with van der Waals surface area (Å²) in [5.41, 5.74) is 0. The number of rotatable bonds is 6. The number of ether oxygens (including phenoxy) is 1. The summed E-state index contributed by atoms with van der Waals surface area (Å²) in [6.07, 6.45) is 0.803. The Morgan fingerprint density at radius 2 is 2.05 bits per heavy atom. The van der Waals surface area contributed by atoms with Crippen LogP contribution in [0, 0.1) is 0 Å². The number of carbonyl (C=O) groups excluding carboxylic acids is 1. The first-order valence-corrected chi connectivity index (χ1v) is 8.02. The van der Waals surface area contributed by atoms with E-state index >= 15 is 0 Å². The van der Waals surface area contributed by atoms with Crippen molar-refractivity contribution < 1.29 is 17.9 Å². The minimum absolute atomic E-state index is 0.0477. The molecule has 0 aliphatic rings. The quantitative estimate of drug-likeness (QED) is 0.758. The standard InChI is InChI=1S/C13H17ClO4S/c1-3-6-12(13(15)18-4-2)19(16,17)11-8-5-7-10(14)9-11/h5,7-9,12H,3-4,6H2,1-2H3. The van der Waals surface area contributed by atoms with E-state index in [2.05, 4.69) is 0 Å². The molecule has 0 aliphatic heterocycles. The van der Waals surface area contributed by atoms with Gasteiger partial charge in [0, 0.05) is 5.02 Å². The molecule has 0 heterocycles. The number of hydrogen-bond donors (Lipinski definition) is 0. The van der Waals surface area contributed by atoms with Gasteiger partial charge in [0.25, 0.3) is 0 Å². The first kappa shape index (κ1) is 16.0. The lowest BCUT2D eigenvalue weighted by Crippen LogP contribution is -2.32. The van der Waals surface area contributed by atoms with Crippen LogP contribution in [0.4, 0.5) is 0 Å². The molecule has 0 N–H and O–H groups in total. The van der Waals surface area contributed by atoms with E-state index in [1.54, 1.807) is 19.1 Å². The maximum atomic E-state index is 12.4. The monoisotopic (exact) mass is 304 g/mol. The minimum atomic E-state index is -3.77. The Kier molecular flexibility index (Phi) is 5.82. The molecule has 106 valence electrons. The van der Waals surface area contributed by atoms with Gasteiger partial charge in [-0.1, -0.05) is 31.0 Å². The van der Waals surface area contributed by atoms with Crippen LogP contribution in [0.15, 0.2) is 29.2 Å². The molecular weight excluding hydrogens is 288 g/mol. The Labute approximate surface area is 118 Å². The van der Waals surface area contributed by atoms with Gasteiger partial charge < -0.3 is 4.74 Å². The third kappa shape index (κ3) is 3.94. The molecule has 0 amide bonds. The van der Waals surface area contributed by atoms with Crippen molar-refractivity contribution in [1.29, 1.82) is 0 Å². The van der Waals surface area contributed by atoms with Crippen LogP contribution in [0.1, 0.15) is 26.7 Å². The first-order chi connectivity index (χ1) is 8.93. The fourth-order valence-electron chi connectivity index (χ4n) is 1.71. The molecule has 0 spiro atoms. The highest BCUT2D eigenvalue weighted by Crippen LogP contribution is 2.23. The van der Waals surface area contributed by atoms with Crippen molar-refractivity contribution in [3.05, 3.63) is 29.3 Å². The molecule has 1 aromatic rings. The van der Waals surface area contributed by atoms with Crippen molar-refractivity contribution in [2.24, 2.45) is 0 Å². The molecule has 1 aromatic carbocycles. The van der Waals surface area contributed by atoms with Gasteiger partial charge in [0.05, 0.1) is 11.5 Å². The molecule has 19 heavy (non-hydrogen) atoms. The Hall–Kier alpha value is -1.07. The zero-order valence-corrected chi connectivity index (χ0v) is 12.5. The van der Waals surface area contributed by atoms with Gasteiger partial charge in [0.15, 0.2) is 15.1 Å². The molecule has 0 saturated carbocycles. The summed E-state index contributed by atoms with van der Waals surface area (Å²) in [5, 5.41) is -0.851. The molecule has 1 atom stereocenters. The van der Waals surface area contributed by atoms with Crippen LogP contribution in [0.2, 0.25) is 5.02 Å². The molecular formula is C13H17ClO4S. The van der Waals surface area contributed by atoms with E-state index in [0.29, 0.717) is 11.4 Å². The van der Waals surface area contributed by atoms with Gasteiger partial charge in [0.1, 0.15) is 0 Å². The van der Waals surface area contributed by atoms with Crippen molar-refractivity contribution >= 4 is 27.4 Å². The van der Waals surface area contributed by atoms with Gasteiger partial charge in [0.2, 0.25) is 0 Å². The van der Waals surface area contributed by atoms with Crippen LogP contribution in [-0.4, -0.2) is 26.2 Å². The molecule has 4 nitrogen and oxygen atoms in total. The van der Waals surface area contributed by atoms with Crippen molar-refractivity contribution in [1.82, 2.24) is 0 Å². The molecule has 0 fully saturated rings. The molecule has 6 heteroatoms. The van der Waals surface area contributed by atoms with Gasteiger partial charge >= 0.3 is 5.97 Å². The Bertz CT molecular complexity index is 539. The van der Waals surface area contributed by atoms with E-state index in [0.717, 1.165) is 0 Å². The summed E-state index contributed by atoms with van der Waals surface area (Å²) in [7, 11) is -3.77. The molecule has 1 unspecified atom stereocenters. The van der Waals surface area contributed by atoms with E-state index in [4.69, 9.17) is 16.3 Å². The highest BCUT2D eigenvalue weighted by Gasteiger charge is 2.34. The van der Waals surface area contributed by atoms with E-state index in [1.165, 1.54) is 12.1 Å². The van der Waals surface area contributed by atoms with Crippen LogP contribution in [0.3, 0.4) is 0 Å². The van der Waals surface area contributed by atoms with Crippen molar-refractivity contribution in [2.75, 3.05) is 6.61 Å². The topological polar surface area (TPSA) is 60.4 Å². The zero-order chi connectivity index (χ0) is 14.5. The summed E-state index contributed by atoms with van der Waals surface area (Å²) in [5.74, 6) is -0.704. The number of halogens is 1. The summed E-state index contributed by atoms with van der Waals surface area (Å²) >= 11 is 5.79. The van der Waals surface area contributed by atoms with E-state index in [9.17, 15) is 13.2 Å². The third-order valence-corrected chi connectivity index (χ3v) is 4.92. The average molecular weight is 305 g/mol. The second-order valence-electron chi connectivity index (χ2n) is 4.03. The van der Waals surface area contributed by atoms with Gasteiger partial charge in [-0.15, -0.1) is 0 Å². The van der Waals surface area contributed by atoms with Crippen LogP contribution >= 0.6 is 11.6 Å². The molecule has 0 radical (unpaired) electrons. The Balaban J connectivity index is 3.16. The summed E-state index contributed by atoms with van der Waals surface area (Å²) in [6, 6.07) is 5.91. The first-order valence-electron chi connectivity index (χ1n) is 6.09. The summed E-state index contributed by atoms with van der Waals surface area (Å²) in [6.45, 7) is 3.62. The molecule has 1 rings (SSSR count). The van der Waals surface area contributed by atoms with Crippen molar-refractivity contribution in [2.45, 2.75) is 36.8 Å². The zero-order valence-electron chi connectivity index (χ0n) is 10.9. The van der Waals surface area contributed by atoms with Crippen molar-refractivity contribution in [3.8, 4) is 0 Å². The van der Waals surface area contributed by atoms with Gasteiger partial charge in [-0.2, -0.15) is 0 Å². The predicted octanol–water partition coefficient (Wildman–Crippen LogP) is 2.85. The van der Waals surface area contributed by atoms with Gasteiger partial charge in [-0.3, -0.25) is 4.79 Å². The average Bonchev–Trinajstić information content (AvgIpc) is 2.36. The number of benzene rings is 1. The van der Waals surface area contributed by atoms with E-state index < -0.39 is 21.1 Å². The fourth-order valence-corrected chi connectivity index (χ4v) is 3.72. The van der Waals surface area contributed by atoms with Gasteiger partial charge in [-0.05, 0) is 31.5 Å².